The monoisotopic (exact) mass is 271 g/mol. The van der Waals surface area contributed by atoms with Crippen molar-refractivity contribution in [1.82, 2.24) is 4.98 Å². The van der Waals surface area contributed by atoms with Gasteiger partial charge in [-0.2, -0.15) is 0 Å². The fourth-order valence-corrected chi connectivity index (χ4v) is 3.68. The summed E-state index contributed by atoms with van der Waals surface area (Å²) < 4.78 is 0. The van der Waals surface area contributed by atoms with E-state index in [-0.39, 0.29) is 5.92 Å². The molecule has 19 heavy (non-hydrogen) atoms. The number of hydrogen-bond donors (Lipinski definition) is 0. The average molecular weight is 271 g/mol. The molecule has 0 radical (unpaired) electrons. The van der Waals surface area contributed by atoms with E-state index < -0.39 is 0 Å². The van der Waals surface area contributed by atoms with E-state index in [0.29, 0.717) is 5.78 Å². The van der Waals surface area contributed by atoms with Gasteiger partial charge in [0.1, 0.15) is 0 Å². The van der Waals surface area contributed by atoms with Gasteiger partial charge in [-0.3, -0.25) is 4.79 Å². The maximum atomic E-state index is 12.6. The van der Waals surface area contributed by atoms with E-state index in [1.54, 1.807) is 11.3 Å². The number of nitrogens with zero attached hydrogens (tertiary/aromatic N) is 1. The van der Waals surface area contributed by atoms with Crippen LogP contribution in [-0.4, -0.2) is 10.8 Å². The first-order valence-corrected chi connectivity index (χ1v) is 7.59. The summed E-state index contributed by atoms with van der Waals surface area (Å²) >= 11 is 1.71. The summed E-state index contributed by atoms with van der Waals surface area (Å²) in [4.78, 5) is 18.1. The van der Waals surface area contributed by atoms with Crippen LogP contribution < -0.4 is 0 Å². The zero-order valence-corrected chi connectivity index (χ0v) is 11.9. The third-order valence-electron chi connectivity index (χ3n) is 3.77. The molecule has 0 aliphatic heterocycles. The number of thiazole rings is 1. The largest absolute Gasteiger partial charge is 0.294 e. The summed E-state index contributed by atoms with van der Waals surface area (Å²) in [5.74, 6) is 0.447. The van der Waals surface area contributed by atoms with Crippen LogP contribution in [0.5, 0.6) is 0 Å². The zero-order valence-electron chi connectivity index (χ0n) is 11.1. The first-order chi connectivity index (χ1) is 9.24. The first-order valence-electron chi connectivity index (χ1n) is 6.77. The van der Waals surface area contributed by atoms with Crippen molar-refractivity contribution in [2.24, 2.45) is 5.92 Å². The number of carbonyl (C=O) groups excluding carboxylic acids is 1. The minimum absolute atomic E-state index is 0.128. The molecule has 0 saturated carbocycles. The van der Waals surface area contributed by atoms with Crippen molar-refractivity contribution in [2.75, 3.05) is 0 Å². The molecule has 1 aromatic carbocycles. The van der Waals surface area contributed by atoms with E-state index in [0.717, 1.165) is 36.3 Å². The minimum atomic E-state index is 0.128. The molecule has 1 aliphatic rings. The molecule has 2 aromatic rings. The number of fused-ring (bicyclic) bond motifs is 1. The third kappa shape index (κ3) is 2.61. The number of rotatable bonds is 2. The van der Waals surface area contributed by atoms with Crippen molar-refractivity contribution >= 4 is 17.1 Å². The van der Waals surface area contributed by atoms with Crippen LogP contribution in [0, 0.1) is 12.8 Å². The average Bonchev–Trinajstić information content (AvgIpc) is 2.75. The van der Waals surface area contributed by atoms with Gasteiger partial charge >= 0.3 is 0 Å². The molecule has 2 nitrogen and oxygen atoms in total. The molecule has 0 fully saturated rings. The second-order valence-electron chi connectivity index (χ2n) is 5.16. The lowest BCUT2D eigenvalue weighted by molar-refractivity contribution is 0.0916. The molecule has 1 aliphatic carbocycles. The van der Waals surface area contributed by atoms with Gasteiger partial charge in [-0.15, -0.1) is 11.3 Å². The van der Waals surface area contributed by atoms with Gasteiger partial charge in [-0.05, 0) is 38.2 Å². The van der Waals surface area contributed by atoms with Crippen molar-refractivity contribution in [1.29, 1.82) is 0 Å². The molecular formula is C16H17NOS. The van der Waals surface area contributed by atoms with E-state index >= 15 is 0 Å². The molecule has 0 amide bonds. The predicted molar refractivity (Wildman–Crippen MR) is 77.8 cm³/mol. The highest BCUT2D eigenvalue weighted by atomic mass is 32.1. The molecular weight excluding hydrogens is 254 g/mol. The standard InChI is InChI=1S/C16H17NOS/c1-11-17-10-14(19-11)9-13-7-4-6-12-5-2-3-8-15(12)16(13)18/h2-3,5,8,10,13H,4,6-7,9H2,1H3. The highest BCUT2D eigenvalue weighted by Gasteiger charge is 2.25. The highest BCUT2D eigenvalue weighted by Crippen LogP contribution is 2.28. The lowest BCUT2D eigenvalue weighted by Gasteiger charge is -2.12. The molecule has 0 saturated heterocycles. The lowest BCUT2D eigenvalue weighted by Crippen LogP contribution is -2.16. The van der Waals surface area contributed by atoms with E-state index in [9.17, 15) is 4.79 Å². The molecule has 1 heterocycles. The van der Waals surface area contributed by atoms with Crippen LogP contribution in [-0.2, 0) is 12.8 Å². The van der Waals surface area contributed by atoms with Gasteiger partial charge in [-0.25, -0.2) is 4.98 Å². The van der Waals surface area contributed by atoms with Crippen LogP contribution in [0.25, 0.3) is 0 Å². The van der Waals surface area contributed by atoms with Gasteiger partial charge in [0.25, 0.3) is 0 Å². The number of benzene rings is 1. The molecule has 3 rings (SSSR count). The van der Waals surface area contributed by atoms with E-state index in [1.807, 2.05) is 31.3 Å². The fraction of sp³-hybridized carbons (Fsp3) is 0.375. The van der Waals surface area contributed by atoms with Gasteiger partial charge in [-0.1, -0.05) is 24.3 Å². The Labute approximate surface area is 117 Å². The van der Waals surface area contributed by atoms with Crippen LogP contribution in [0.3, 0.4) is 0 Å². The summed E-state index contributed by atoms with van der Waals surface area (Å²) in [6.07, 6.45) is 5.89. The second-order valence-corrected chi connectivity index (χ2v) is 6.48. The molecule has 1 atom stereocenters. The van der Waals surface area contributed by atoms with Gasteiger partial charge < -0.3 is 0 Å². The number of aromatic nitrogens is 1. The summed E-state index contributed by atoms with van der Waals surface area (Å²) in [7, 11) is 0. The Bertz CT molecular complexity index is 602. The van der Waals surface area contributed by atoms with E-state index in [4.69, 9.17) is 0 Å². The van der Waals surface area contributed by atoms with Crippen molar-refractivity contribution in [3.63, 3.8) is 0 Å². The van der Waals surface area contributed by atoms with Crippen LogP contribution in [0.1, 0.15) is 38.6 Å². The summed E-state index contributed by atoms with van der Waals surface area (Å²) in [5, 5.41) is 1.08. The maximum absolute atomic E-state index is 12.6. The molecule has 0 bridgehead atoms. The van der Waals surface area contributed by atoms with Gasteiger partial charge in [0, 0.05) is 22.6 Å². The molecule has 3 heteroatoms. The fourth-order valence-electron chi connectivity index (χ4n) is 2.81. The molecule has 0 N–H and O–H groups in total. The Hall–Kier alpha value is -1.48. The van der Waals surface area contributed by atoms with Crippen LogP contribution in [0.2, 0.25) is 0 Å². The number of carbonyl (C=O) groups is 1. The maximum Gasteiger partial charge on any atom is 0.166 e. The Balaban J connectivity index is 1.85. The second kappa shape index (κ2) is 5.25. The van der Waals surface area contributed by atoms with Crippen molar-refractivity contribution < 1.29 is 4.79 Å². The van der Waals surface area contributed by atoms with E-state index in [1.165, 1.54) is 10.4 Å². The van der Waals surface area contributed by atoms with E-state index in [2.05, 4.69) is 11.1 Å². The quantitative estimate of drug-likeness (QED) is 0.777. The van der Waals surface area contributed by atoms with Crippen LogP contribution in [0.4, 0.5) is 0 Å². The first kappa shape index (κ1) is 12.5. The van der Waals surface area contributed by atoms with Gasteiger partial charge in [0.05, 0.1) is 5.01 Å². The Morgan fingerprint density at radius 1 is 1.37 bits per heavy atom. The van der Waals surface area contributed by atoms with Gasteiger partial charge in [0.2, 0.25) is 0 Å². The summed E-state index contributed by atoms with van der Waals surface area (Å²) in [5.41, 5.74) is 2.15. The van der Waals surface area contributed by atoms with Crippen molar-refractivity contribution in [3.8, 4) is 0 Å². The van der Waals surface area contributed by atoms with Crippen LogP contribution >= 0.6 is 11.3 Å². The smallest absolute Gasteiger partial charge is 0.166 e. The topological polar surface area (TPSA) is 30.0 Å². The Kier molecular flexibility index (Phi) is 3.47. The number of ketones is 1. The van der Waals surface area contributed by atoms with Gasteiger partial charge in [0.15, 0.2) is 5.78 Å². The molecule has 1 aromatic heterocycles. The summed E-state index contributed by atoms with van der Waals surface area (Å²) in [6.45, 7) is 2.01. The number of hydrogen-bond acceptors (Lipinski definition) is 3. The lowest BCUT2D eigenvalue weighted by atomic mass is 9.92. The van der Waals surface area contributed by atoms with Crippen LogP contribution in [0.15, 0.2) is 30.5 Å². The SMILES string of the molecule is Cc1ncc(CC2CCCc3ccccc3C2=O)s1. The predicted octanol–water partition coefficient (Wildman–Crippen LogP) is 3.83. The van der Waals surface area contributed by atoms with Crippen molar-refractivity contribution in [2.45, 2.75) is 32.6 Å². The molecule has 1 unspecified atom stereocenters. The molecule has 0 spiro atoms. The Morgan fingerprint density at radius 2 is 2.21 bits per heavy atom. The Morgan fingerprint density at radius 3 is 3.00 bits per heavy atom. The normalized spacial score (nSPS) is 19.0. The number of aryl methyl sites for hydroxylation is 2. The number of Topliss-reactive ketones (excluding diaryl/α,β-unsaturated/α-hetero) is 1. The minimum Gasteiger partial charge on any atom is -0.294 e. The third-order valence-corrected chi connectivity index (χ3v) is 4.70. The molecule has 98 valence electrons. The zero-order chi connectivity index (χ0) is 13.2. The highest BCUT2D eigenvalue weighted by molar-refractivity contribution is 7.11. The summed E-state index contributed by atoms with van der Waals surface area (Å²) in [6, 6.07) is 8.06. The van der Waals surface area contributed by atoms with Crippen molar-refractivity contribution in [3.05, 3.63) is 51.5 Å².